The SMILES string of the molecule is CC(=O)c1c(C)cc2cc(C(=O)O)cc(OC3OC4C(OC=CC5CCCCC54O)C(O)C3O)c2c1O. The monoisotopic (exact) mass is 514 g/mol. The van der Waals surface area contributed by atoms with E-state index in [4.69, 9.17) is 14.2 Å². The lowest BCUT2D eigenvalue weighted by Crippen LogP contribution is -2.67. The average Bonchev–Trinajstić information content (AvgIpc) is 2.97. The zero-order valence-electron chi connectivity index (χ0n) is 20.5. The number of benzene rings is 2. The maximum absolute atomic E-state index is 12.2. The van der Waals surface area contributed by atoms with E-state index in [0.29, 0.717) is 23.8 Å². The zero-order valence-corrected chi connectivity index (χ0v) is 20.5. The lowest BCUT2D eigenvalue weighted by molar-refractivity contribution is -0.310. The molecule has 2 heterocycles. The third-order valence-corrected chi connectivity index (χ3v) is 7.78. The Kier molecular flexibility index (Phi) is 6.39. The van der Waals surface area contributed by atoms with Crippen LogP contribution in [0.5, 0.6) is 11.5 Å². The van der Waals surface area contributed by atoms with Gasteiger partial charge < -0.3 is 39.7 Å². The number of phenols is 1. The molecule has 5 N–H and O–H groups in total. The number of ketones is 1. The Hall–Kier alpha value is -3.18. The second-order valence-electron chi connectivity index (χ2n) is 10.1. The third kappa shape index (κ3) is 4.14. The number of carboxylic acids is 1. The molecule has 2 aliphatic heterocycles. The van der Waals surface area contributed by atoms with Gasteiger partial charge in [-0.2, -0.15) is 0 Å². The number of aromatic carboxylic acids is 1. The van der Waals surface area contributed by atoms with E-state index in [0.717, 1.165) is 18.9 Å². The Morgan fingerprint density at radius 1 is 1.14 bits per heavy atom. The van der Waals surface area contributed by atoms with Crippen molar-refractivity contribution < 1.29 is 49.3 Å². The highest BCUT2D eigenvalue weighted by molar-refractivity contribution is 6.08. The number of aliphatic hydroxyl groups is 3. The summed E-state index contributed by atoms with van der Waals surface area (Å²) in [4.78, 5) is 24.0. The Morgan fingerprint density at radius 3 is 2.59 bits per heavy atom. The first-order chi connectivity index (χ1) is 17.5. The standard InChI is InChI=1S/C27H30O10/c1-12-9-14-10-15(25(32)33)11-17(19(14)20(29)18(12)13(2)28)36-26-22(31)21(30)23-24(37-26)27(34)7-4-3-5-16(27)6-8-35-23/h6,8-11,16,21-24,26,29-31,34H,3-5,7H2,1-2H3,(H,32,33). The predicted molar refractivity (Wildman–Crippen MR) is 130 cm³/mol. The fraction of sp³-hybridized carbons (Fsp3) is 0.481. The molecule has 0 amide bonds. The van der Waals surface area contributed by atoms with E-state index in [-0.39, 0.29) is 28.2 Å². The van der Waals surface area contributed by atoms with Crippen LogP contribution in [0.1, 0.15) is 58.9 Å². The number of carbonyl (C=O) groups excluding carboxylic acids is 1. The van der Waals surface area contributed by atoms with Gasteiger partial charge in [0.05, 0.1) is 22.8 Å². The highest BCUT2D eigenvalue weighted by Crippen LogP contribution is 2.46. The molecule has 37 heavy (non-hydrogen) atoms. The molecule has 0 radical (unpaired) electrons. The van der Waals surface area contributed by atoms with Crippen molar-refractivity contribution >= 4 is 22.5 Å². The van der Waals surface area contributed by atoms with Gasteiger partial charge in [-0.3, -0.25) is 4.79 Å². The molecule has 5 rings (SSSR count). The summed E-state index contributed by atoms with van der Waals surface area (Å²) in [5, 5.41) is 54.5. The first kappa shape index (κ1) is 25.5. The fourth-order valence-electron chi connectivity index (χ4n) is 5.95. The molecule has 1 saturated heterocycles. The molecule has 3 aliphatic rings. The van der Waals surface area contributed by atoms with Gasteiger partial charge in [0.2, 0.25) is 6.29 Å². The number of Topliss-reactive ketones (excluding diaryl/α,β-unsaturated/α-hetero) is 1. The van der Waals surface area contributed by atoms with Gasteiger partial charge in [0, 0.05) is 5.92 Å². The van der Waals surface area contributed by atoms with Crippen LogP contribution < -0.4 is 4.74 Å². The number of hydrogen-bond acceptors (Lipinski definition) is 9. The van der Waals surface area contributed by atoms with Crippen LogP contribution in [0.25, 0.3) is 10.8 Å². The number of fused-ring (bicyclic) bond motifs is 4. The molecule has 2 fully saturated rings. The Bertz CT molecular complexity index is 1290. The van der Waals surface area contributed by atoms with E-state index in [1.165, 1.54) is 19.3 Å². The molecule has 1 aliphatic carbocycles. The number of aromatic hydroxyl groups is 1. The van der Waals surface area contributed by atoms with Gasteiger partial charge in [-0.15, -0.1) is 0 Å². The van der Waals surface area contributed by atoms with Crippen molar-refractivity contribution in [3.8, 4) is 11.5 Å². The molecular formula is C27H30O10. The molecule has 7 unspecified atom stereocenters. The summed E-state index contributed by atoms with van der Waals surface area (Å²) in [6.07, 6.45) is -0.926. The number of aliphatic hydroxyl groups excluding tert-OH is 2. The van der Waals surface area contributed by atoms with Crippen molar-refractivity contribution in [1.82, 2.24) is 0 Å². The van der Waals surface area contributed by atoms with Gasteiger partial charge in [0.1, 0.15) is 35.4 Å². The van der Waals surface area contributed by atoms with Gasteiger partial charge in [0.15, 0.2) is 11.9 Å². The van der Waals surface area contributed by atoms with E-state index in [1.807, 2.05) is 0 Å². The minimum atomic E-state index is -1.64. The van der Waals surface area contributed by atoms with Gasteiger partial charge in [-0.1, -0.05) is 18.9 Å². The van der Waals surface area contributed by atoms with Crippen molar-refractivity contribution in [2.24, 2.45) is 5.92 Å². The van der Waals surface area contributed by atoms with Crippen LogP contribution >= 0.6 is 0 Å². The van der Waals surface area contributed by atoms with Crippen LogP contribution in [0.2, 0.25) is 0 Å². The largest absolute Gasteiger partial charge is 0.506 e. The average molecular weight is 515 g/mol. The van der Waals surface area contributed by atoms with Crippen LogP contribution in [0, 0.1) is 12.8 Å². The normalized spacial score (nSPS) is 33.1. The van der Waals surface area contributed by atoms with Gasteiger partial charge in [-0.05, 0) is 55.8 Å². The summed E-state index contributed by atoms with van der Waals surface area (Å²) in [7, 11) is 0. The van der Waals surface area contributed by atoms with E-state index in [2.05, 4.69) is 0 Å². The molecule has 0 spiro atoms. The summed E-state index contributed by atoms with van der Waals surface area (Å²) in [6.45, 7) is 2.92. The Morgan fingerprint density at radius 2 is 1.89 bits per heavy atom. The number of carboxylic acid groups (broad SMARTS) is 1. The zero-order chi connectivity index (χ0) is 26.6. The smallest absolute Gasteiger partial charge is 0.335 e. The first-order valence-electron chi connectivity index (χ1n) is 12.3. The predicted octanol–water partition coefficient (Wildman–Crippen LogP) is 2.41. The summed E-state index contributed by atoms with van der Waals surface area (Å²) in [6, 6.07) is 4.06. The lowest BCUT2D eigenvalue weighted by Gasteiger charge is -2.50. The quantitative estimate of drug-likeness (QED) is 0.383. The second-order valence-corrected chi connectivity index (χ2v) is 10.1. The molecule has 1 saturated carbocycles. The topological polar surface area (TPSA) is 163 Å². The highest BCUT2D eigenvalue weighted by Gasteiger charge is 2.58. The Labute approximate surface area is 212 Å². The molecule has 2 aromatic carbocycles. The number of aryl methyl sites for hydroxylation is 1. The van der Waals surface area contributed by atoms with Crippen molar-refractivity contribution in [2.45, 2.75) is 75.8 Å². The highest BCUT2D eigenvalue weighted by atomic mass is 16.7. The van der Waals surface area contributed by atoms with Gasteiger partial charge in [0.25, 0.3) is 0 Å². The second kappa shape index (κ2) is 9.29. The van der Waals surface area contributed by atoms with Gasteiger partial charge in [-0.25, -0.2) is 4.79 Å². The Balaban J connectivity index is 1.59. The molecular weight excluding hydrogens is 484 g/mol. The third-order valence-electron chi connectivity index (χ3n) is 7.78. The number of rotatable bonds is 4. The lowest BCUT2D eigenvalue weighted by atomic mass is 9.70. The van der Waals surface area contributed by atoms with E-state index in [1.54, 1.807) is 19.1 Å². The molecule has 10 nitrogen and oxygen atoms in total. The van der Waals surface area contributed by atoms with E-state index < -0.39 is 53.8 Å². The molecule has 7 atom stereocenters. The first-order valence-corrected chi connectivity index (χ1v) is 12.3. The van der Waals surface area contributed by atoms with E-state index in [9.17, 15) is 35.1 Å². The van der Waals surface area contributed by atoms with Gasteiger partial charge >= 0.3 is 5.97 Å². The number of hydrogen-bond donors (Lipinski definition) is 5. The molecule has 0 aromatic heterocycles. The minimum absolute atomic E-state index is 0.0493. The summed E-state index contributed by atoms with van der Waals surface area (Å²) < 4.78 is 17.7. The molecule has 198 valence electrons. The van der Waals surface area contributed by atoms with E-state index >= 15 is 0 Å². The molecule has 0 bridgehead atoms. The van der Waals surface area contributed by atoms with Crippen LogP contribution in [0.3, 0.4) is 0 Å². The minimum Gasteiger partial charge on any atom is -0.506 e. The summed E-state index contributed by atoms with van der Waals surface area (Å²) in [5.41, 5.74) is -1.04. The summed E-state index contributed by atoms with van der Waals surface area (Å²) in [5.74, 6) is -2.50. The van der Waals surface area contributed by atoms with Crippen molar-refractivity contribution in [3.63, 3.8) is 0 Å². The molecule has 10 heteroatoms. The summed E-state index contributed by atoms with van der Waals surface area (Å²) >= 11 is 0. The van der Waals surface area contributed by atoms with Crippen LogP contribution in [0.4, 0.5) is 0 Å². The van der Waals surface area contributed by atoms with Crippen LogP contribution in [-0.4, -0.2) is 73.6 Å². The number of ether oxygens (including phenoxy) is 3. The molecule has 2 aromatic rings. The maximum atomic E-state index is 12.2. The van der Waals surface area contributed by atoms with Crippen molar-refractivity contribution in [2.75, 3.05) is 0 Å². The maximum Gasteiger partial charge on any atom is 0.335 e. The fourth-order valence-corrected chi connectivity index (χ4v) is 5.95. The number of phenolic OH excluding ortho intramolecular Hbond substituents is 1. The number of carbonyl (C=O) groups is 2. The van der Waals surface area contributed by atoms with Crippen LogP contribution in [0.15, 0.2) is 30.5 Å². The van der Waals surface area contributed by atoms with Crippen molar-refractivity contribution in [1.29, 1.82) is 0 Å². The van der Waals surface area contributed by atoms with Crippen LogP contribution in [-0.2, 0) is 9.47 Å². The van der Waals surface area contributed by atoms with Crippen molar-refractivity contribution in [3.05, 3.63) is 47.2 Å².